The van der Waals surface area contributed by atoms with Gasteiger partial charge in [-0.15, -0.1) is 0 Å². The zero-order valence-electron chi connectivity index (χ0n) is 21.3. The average molecular weight is 524 g/mol. The minimum absolute atomic E-state index is 0.0454. The topological polar surface area (TPSA) is 100 Å². The SMILES string of the molecule is Cc1ncc(C(=O)Nc2ccc(CN3CC[C@@H](N(C)C)C3)c(C(F)(F)F)c2)cc1C#Cc1cnc(N)cn1. The van der Waals surface area contributed by atoms with Gasteiger partial charge in [-0.2, -0.15) is 13.2 Å². The van der Waals surface area contributed by atoms with E-state index >= 15 is 0 Å². The van der Waals surface area contributed by atoms with Gasteiger partial charge in [0.25, 0.3) is 5.91 Å². The minimum atomic E-state index is -4.56. The molecule has 1 fully saturated rings. The van der Waals surface area contributed by atoms with Crippen LogP contribution in [0, 0.1) is 18.8 Å². The Hall–Kier alpha value is -4.01. The predicted molar refractivity (Wildman–Crippen MR) is 138 cm³/mol. The molecule has 38 heavy (non-hydrogen) atoms. The van der Waals surface area contributed by atoms with E-state index in [1.165, 1.54) is 36.8 Å². The monoisotopic (exact) mass is 523 g/mol. The maximum absolute atomic E-state index is 13.9. The Morgan fingerprint density at radius 3 is 2.61 bits per heavy atom. The molecule has 1 aromatic carbocycles. The van der Waals surface area contributed by atoms with Crippen molar-refractivity contribution in [3.8, 4) is 11.8 Å². The van der Waals surface area contributed by atoms with E-state index in [0.717, 1.165) is 19.0 Å². The number of carbonyl (C=O) groups excluding carboxylic acids is 1. The summed E-state index contributed by atoms with van der Waals surface area (Å²) in [5, 5.41) is 2.56. The Balaban J connectivity index is 1.52. The number of likely N-dealkylation sites (tertiary alicyclic amines) is 1. The fourth-order valence-corrected chi connectivity index (χ4v) is 4.20. The van der Waals surface area contributed by atoms with E-state index in [9.17, 15) is 18.0 Å². The van der Waals surface area contributed by atoms with Gasteiger partial charge in [0, 0.05) is 43.1 Å². The number of alkyl halides is 3. The number of nitrogens with one attached hydrogen (secondary N) is 1. The Morgan fingerprint density at radius 2 is 1.95 bits per heavy atom. The number of aromatic nitrogens is 3. The number of amides is 1. The highest BCUT2D eigenvalue weighted by Gasteiger charge is 2.35. The molecule has 3 heterocycles. The molecule has 1 saturated heterocycles. The molecular formula is C27H28F3N7O. The lowest BCUT2D eigenvalue weighted by atomic mass is 10.0. The van der Waals surface area contributed by atoms with Crippen molar-refractivity contribution in [2.24, 2.45) is 0 Å². The number of rotatable bonds is 5. The Labute approximate surface area is 219 Å². The molecule has 0 spiro atoms. The van der Waals surface area contributed by atoms with Gasteiger partial charge < -0.3 is 16.0 Å². The van der Waals surface area contributed by atoms with E-state index in [4.69, 9.17) is 5.73 Å². The van der Waals surface area contributed by atoms with Gasteiger partial charge >= 0.3 is 6.18 Å². The summed E-state index contributed by atoms with van der Waals surface area (Å²) in [5.74, 6) is 5.40. The summed E-state index contributed by atoms with van der Waals surface area (Å²) < 4.78 is 41.8. The smallest absolute Gasteiger partial charge is 0.382 e. The van der Waals surface area contributed by atoms with Crippen molar-refractivity contribution in [2.45, 2.75) is 32.1 Å². The molecule has 1 aliphatic rings. The van der Waals surface area contributed by atoms with Crippen LogP contribution in [-0.4, -0.2) is 63.9 Å². The number of pyridine rings is 1. The normalized spacial score (nSPS) is 15.8. The number of benzene rings is 1. The number of carbonyl (C=O) groups is 1. The summed E-state index contributed by atoms with van der Waals surface area (Å²) in [4.78, 5) is 29.2. The number of aryl methyl sites for hydroxylation is 1. The highest BCUT2D eigenvalue weighted by atomic mass is 19.4. The number of likely N-dealkylation sites (N-methyl/N-ethyl adjacent to an activating group) is 1. The van der Waals surface area contributed by atoms with Crippen molar-refractivity contribution in [1.82, 2.24) is 24.8 Å². The molecule has 3 N–H and O–H groups in total. The second-order valence-electron chi connectivity index (χ2n) is 9.40. The van der Waals surface area contributed by atoms with Gasteiger partial charge in [-0.1, -0.05) is 12.0 Å². The average Bonchev–Trinajstić information content (AvgIpc) is 3.34. The van der Waals surface area contributed by atoms with Crippen molar-refractivity contribution < 1.29 is 18.0 Å². The summed E-state index contributed by atoms with van der Waals surface area (Å²) in [6.07, 6.45) is 0.508. The largest absolute Gasteiger partial charge is 0.416 e. The third kappa shape index (κ3) is 6.65. The summed E-state index contributed by atoms with van der Waals surface area (Å²) in [6.45, 7) is 3.36. The van der Waals surface area contributed by atoms with Gasteiger partial charge in [-0.3, -0.25) is 14.7 Å². The molecule has 11 heteroatoms. The molecule has 0 aliphatic carbocycles. The number of nitrogen functional groups attached to an aromatic ring is 1. The molecule has 0 saturated carbocycles. The highest BCUT2D eigenvalue weighted by molar-refractivity contribution is 6.04. The third-order valence-electron chi connectivity index (χ3n) is 6.39. The van der Waals surface area contributed by atoms with Crippen LogP contribution >= 0.6 is 0 Å². The summed E-state index contributed by atoms with van der Waals surface area (Å²) in [7, 11) is 3.95. The van der Waals surface area contributed by atoms with Crippen LogP contribution in [0.2, 0.25) is 0 Å². The molecule has 1 atom stereocenters. The summed E-state index contributed by atoms with van der Waals surface area (Å²) in [5.41, 5.74) is 6.59. The van der Waals surface area contributed by atoms with Gasteiger partial charge in [-0.05, 0) is 57.1 Å². The number of nitrogens with zero attached hydrogens (tertiary/aromatic N) is 5. The molecule has 3 aromatic rings. The van der Waals surface area contributed by atoms with Crippen LogP contribution in [0.15, 0.2) is 42.9 Å². The molecule has 8 nitrogen and oxygen atoms in total. The summed E-state index contributed by atoms with van der Waals surface area (Å²) in [6, 6.07) is 5.75. The molecule has 4 rings (SSSR count). The van der Waals surface area contributed by atoms with Gasteiger partial charge in [0.05, 0.1) is 29.2 Å². The third-order valence-corrected chi connectivity index (χ3v) is 6.39. The van der Waals surface area contributed by atoms with Crippen LogP contribution < -0.4 is 11.1 Å². The first-order chi connectivity index (χ1) is 18.0. The maximum atomic E-state index is 13.9. The van der Waals surface area contributed by atoms with Crippen LogP contribution in [0.3, 0.4) is 0 Å². The van der Waals surface area contributed by atoms with Crippen molar-refractivity contribution in [1.29, 1.82) is 0 Å². The van der Waals surface area contributed by atoms with Gasteiger partial charge in [0.15, 0.2) is 0 Å². The second-order valence-corrected chi connectivity index (χ2v) is 9.40. The minimum Gasteiger partial charge on any atom is -0.382 e. The summed E-state index contributed by atoms with van der Waals surface area (Å²) >= 11 is 0. The Morgan fingerprint density at radius 1 is 1.16 bits per heavy atom. The van der Waals surface area contributed by atoms with Gasteiger partial charge in [0.1, 0.15) is 11.5 Å². The lowest BCUT2D eigenvalue weighted by Crippen LogP contribution is -2.31. The second kappa shape index (κ2) is 11.2. The van der Waals surface area contributed by atoms with Crippen molar-refractivity contribution in [3.05, 3.63) is 76.5 Å². The molecule has 198 valence electrons. The van der Waals surface area contributed by atoms with Gasteiger partial charge in [0.2, 0.25) is 0 Å². The fraction of sp³-hybridized carbons (Fsp3) is 0.333. The van der Waals surface area contributed by atoms with Gasteiger partial charge in [-0.25, -0.2) is 9.97 Å². The lowest BCUT2D eigenvalue weighted by molar-refractivity contribution is -0.138. The number of hydrogen-bond donors (Lipinski definition) is 2. The first-order valence-electron chi connectivity index (χ1n) is 12.0. The van der Waals surface area contributed by atoms with E-state index in [0.29, 0.717) is 29.5 Å². The first-order valence-corrected chi connectivity index (χ1v) is 12.0. The molecule has 0 unspecified atom stereocenters. The predicted octanol–water partition coefficient (Wildman–Crippen LogP) is 3.57. The highest BCUT2D eigenvalue weighted by Crippen LogP contribution is 2.35. The fourth-order valence-electron chi connectivity index (χ4n) is 4.20. The van der Waals surface area contributed by atoms with Crippen molar-refractivity contribution in [3.63, 3.8) is 0 Å². The van der Waals surface area contributed by atoms with Crippen LogP contribution in [0.25, 0.3) is 0 Å². The standard InChI is InChI=1S/C27H28F3N7O/c1-17-18(4-7-22-13-34-25(31)14-33-22)10-20(12-32-17)26(38)35-21-6-5-19(24(11-21)27(28,29)30)15-37-9-8-23(16-37)36(2)3/h5-6,10-14,23H,8-9,15-16H2,1-3H3,(H2,31,34)(H,35,38)/t23-/m1/s1. The zero-order valence-corrected chi connectivity index (χ0v) is 21.3. The Kier molecular flexibility index (Phi) is 7.94. The molecule has 0 bridgehead atoms. The molecule has 2 aromatic heterocycles. The van der Waals surface area contributed by atoms with Crippen molar-refractivity contribution >= 4 is 17.4 Å². The molecule has 1 amide bonds. The van der Waals surface area contributed by atoms with E-state index in [1.807, 2.05) is 19.0 Å². The quantitative estimate of drug-likeness (QED) is 0.493. The van der Waals surface area contributed by atoms with Crippen LogP contribution in [-0.2, 0) is 12.7 Å². The molecule has 0 radical (unpaired) electrons. The maximum Gasteiger partial charge on any atom is 0.416 e. The number of anilines is 2. The van der Waals surface area contributed by atoms with Crippen molar-refractivity contribution in [2.75, 3.05) is 38.2 Å². The number of nitrogens with two attached hydrogens (primary N) is 1. The number of hydrogen-bond acceptors (Lipinski definition) is 7. The van der Waals surface area contributed by atoms with Crippen LogP contribution in [0.4, 0.5) is 24.7 Å². The molecular weight excluding hydrogens is 495 g/mol. The molecule has 1 aliphatic heterocycles. The lowest BCUT2D eigenvalue weighted by Gasteiger charge is -2.22. The van der Waals surface area contributed by atoms with E-state index in [2.05, 4.69) is 37.0 Å². The van der Waals surface area contributed by atoms with E-state index < -0.39 is 17.6 Å². The zero-order chi connectivity index (χ0) is 27.4. The first kappa shape index (κ1) is 27.0. The van der Waals surface area contributed by atoms with E-state index in [1.54, 1.807) is 6.92 Å². The van der Waals surface area contributed by atoms with Crippen LogP contribution in [0.1, 0.15) is 44.9 Å². The van der Waals surface area contributed by atoms with E-state index in [-0.39, 0.29) is 29.2 Å². The Bertz CT molecular complexity index is 1380. The van der Waals surface area contributed by atoms with Crippen LogP contribution in [0.5, 0.6) is 0 Å². The number of halogens is 3.